The molecule has 0 spiro atoms. The van der Waals surface area contributed by atoms with Gasteiger partial charge in [-0.25, -0.2) is 27.8 Å². The lowest BCUT2D eigenvalue weighted by Crippen LogP contribution is -2.32. The molecule has 1 aliphatic rings. The number of benzene rings is 2. The van der Waals surface area contributed by atoms with Gasteiger partial charge in [0.1, 0.15) is 40.9 Å². The molecule has 180 valence electrons. The van der Waals surface area contributed by atoms with Gasteiger partial charge < -0.3 is 16.4 Å². The second kappa shape index (κ2) is 9.34. The lowest BCUT2D eigenvalue weighted by atomic mass is 10.1. The minimum Gasteiger partial charge on any atom is -0.383 e. The first-order valence-electron chi connectivity index (χ1n) is 11.1. The lowest BCUT2D eigenvalue weighted by molar-refractivity contribution is 0.0942. The van der Waals surface area contributed by atoms with Crippen molar-refractivity contribution in [3.05, 3.63) is 71.3 Å². The Bertz CT molecular complexity index is 1400. The highest BCUT2D eigenvalue weighted by atomic mass is 19.1. The van der Waals surface area contributed by atoms with E-state index in [1.165, 1.54) is 18.5 Å². The van der Waals surface area contributed by atoms with Crippen molar-refractivity contribution in [3.63, 3.8) is 0 Å². The van der Waals surface area contributed by atoms with Gasteiger partial charge in [-0.3, -0.25) is 4.79 Å². The highest BCUT2D eigenvalue weighted by Gasteiger charge is 2.24. The minimum atomic E-state index is -0.992. The Morgan fingerprint density at radius 3 is 2.66 bits per heavy atom. The van der Waals surface area contributed by atoms with Crippen LogP contribution in [-0.2, 0) is 6.54 Å². The van der Waals surface area contributed by atoms with E-state index >= 15 is 4.39 Å². The largest absolute Gasteiger partial charge is 0.383 e. The molecule has 1 amide bonds. The molecule has 8 nitrogen and oxygen atoms in total. The van der Waals surface area contributed by atoms with Gasteiger partial charge >= 0.3 is 0 Å². The molecule has 4 aromatic rings. The highest BCUT2D eigenvalue weighted by Crippen LogP contribution is 2.33. The molecule has 0 radical (unpaired) electrons. The molecule has 0 aliphatic carbocycles. The van der Waals surface area contributed by atoms with E-state index in [4.69, 9.17) is 10.8 Å². The number of nitrogen functional groups attached to an aromatic ring is 1. The molecule has 4 N–H and O–H groups in total. The first kappa shape index (κ1) is 22.8. The summed E-state index contributed by atoms with van der Waals surface area (Å²) in [5, 5.41) is 11.0. The molecule has 5 rings (SSSR count). The Labute approximate surface area is 198 Å². The highest BCUT2D eigenvalue weighted by molar-refractivity contribution is 5.98. The predicted molar refractivity (Wildman–Crippen MR) is 124 cm³/mol. The van der Waals surface area contributed by atoms with Crippen molar-refractivity contribution in [1.82, 2.24) is 30.4 Å². The number of hydrogen-bond acceptors (Lipinski definition) is 6. The monoisotopic (exact) mass is 481 g/mol. The average Bonchev–Trinajstić information content (AvgIpc) is 3.25. The van der Waals surface area contributed by atoms with Crippen LogP contribution in [0.25, 0.3) is 22.3 Å². The second-order valence-electron chi connectivity index (χ2n) is 8.34. The Morgan fingerprint density at radius 2 is 1.94 bits per heavy atom. The summed E-state index contributed by atoms with van der Waals surface area (Å²) >= 11 is 0. The summed E-state index contributed by atoms with van der Waals surface area (Å²) in [4.78, 5) is 20.7. The van der Waals surface area contributed by atoms with E-state index in [1.807, 2.05) is 4.68 Å². The van der Waals surface area contributed by atoms with Crippen LogP contribution < -0.4 is 16.4 Å². The number of nitrogens with one attached hydrogen (secondary N) is 2. The maximum atomic E-state index is 15.0. The topological polar surface area (TPSA) is 111 Å². The lowest BCUT2D eigenvalue weighted by Gasteiger charge is -2.23. The molecule has 11 heteroatoms. The van der Waals surface area contributed by atoms with E-state index < -0.39 is 28.9 Å². The number of aromatic nitrogens is 4. The van der Waals surface area contributed by atoms with Gasteiger partial charge in [-0.05, 0) is 37.6 Å². The molecule has 3 heterocycles. The van der Waals surface area contributed by atoms with Crippen LogP contribution in [-0.4, -0.2) is 38.7 Å². The van der Waals surface area contributed by atoms with Gasteiger partial charge in [0.05, 0.1) is 11.4 Å². The Hall–Kier alpha value is -3.99. The number of carbonyl (C=O) groups excluding carboxylic acids is 1. The number of piperidine rings is 1. The van der Waals surface area contributed by atoms with E-state index in [1.54, 1.807) is 6.07 Å². The van der Waals surface area contributed by atoms with Crippen molar-refractivity contribution < 1.29 is 18.0 Å². The zero-order chi connectivity index (χ0) is 24.5. The first-order valence-corrected chi connectivity index (χ1v) is 11.1. The third-order valence-corrected chi connectivity index (χ3v) is 6.09. The summed E-state index contributed by atoms with van der Waals surface area (Å²) in [6.45, 7) is 1.41. The van der Waals surface area contributed by atoms with Gasteiger partial charge in [0.2, 0.25) is 0 Å². The van der Waals surface area contributed by atoms with Crippen molar-refractivity contribution in [2.75, 3.05) is 18.8 Å². The van der Waals surface area contributed by atoms with Crippen molar-refractivity contribution in [2.24, 2.45) is 0 Å². The molecular formula is C24H22F3N7O. The molecule has 1 saturated heterocycles. The van der Waals surface area contributed by atoms with Crippen molar-refractivity contribution in [2.45, 2.75) is 25.4 Å². The Balaban J connectivity index is 1.43. The molecule has 2 aromatic heterocycles. The second-order valence-corrected chi connectivity index (χ2v) is 8.34. The van der Waals surface area contributed by atoms with Crippen LogP contribution in [0.4, 0.5) is 19.0 Å². The molecule has 2 aromatic carbocycles. The summed E-state index contributed by atoms with van der Waals surface area (Å²) in [6, 6.07) is 7.61. The quantitative estimate of drug-likeness (QED) is 0.403. The van der Waals surface area contributed by atoms with E-state index in [0.717, 1.165) is 44.1 Å². The number of fused-ring (bicyclic) bond motifs is 1. The minimum absolute atomic E-state index is 0.0763. The van der Waals surface area contributed by atoms with Crippen LogP contribution >= 0.6 is 0 Å². The first-order chi connectivity index (χ1) is 16.9. The molecule has 1 aliphatic heterocycles. The molecular weight excluding hydrogens is 459 g/mol. The maximum Gasteiger partial charge on any atom is 0.257 e. The molecule has 0 saturated carbocycles. The van der Waals surface area contributed by atoms with Gasteiger partial charge in [0.25, 0.3) is 5.91 Å². The van der Waals surface area contributed by atoms with Gasteiger partial charge in [-0.1, -0.05) is 18.2 Å². The summed E-state index contributed by atoms with van der Waals surface area (Å²) in [7, 11) is 0. The number of amides is 1. The number of carbonyl (C=O) groups is 1. The summed E-state index contributed by atoms with van der Waals surface area (Å²) in [6.07, 6.45) is 3.29. The fourth-order valence-electron chi connectivity index (χ4n) is 4.31. The van der Waals surface area contributed by atoms with Crippen LogP contribution in [0.1, 0.15) is 34.8 Å². The van der Waals surface area contributed by atoms with Crippen molar-refractivity contribution in [3.8, 4) is 11.3 Å². The van der Waals surface area contributed by atoms with Crippen LogP contribution in [0.5, 0.6) is 0 Å². The number of halogens is 3. The van der Waals surface area contributed by atoms with Gasteiger partial charge in [0.15, 0.2) is 5.65 Å². The van der Waals surface area contributed by atoms with Crippen LogP contribution in [0.2, 0.25) is 0 Å². The van der Waals surface area contributed by atoms with E-state index in [2.05, 4.69) is 20.6 Å². The van der Waals surface area contributed by atoms with E-state index in [9.17, 15) is 13.6 Å². The SMILES string of the molecule is Nc1ncnc2c1c(-c1ccc(CNC(=O)c3c(F)cccc3F)c(F)c1)nn2[C@@H]1CCCNC1. The fourth-order valence-corrected chi connectivity index (χ4v) is 4.31. The number of rotatable bonds is 5. The third kappa shape index (κ3) is 4.30. The number of nitrogens with two attached hydrogens (primary N) is 1. The number of anilines is 1. The van der Waals surface area contributed by atoms with Crippen LogP contribution in [0, 0.1) is 17.5 Å². The van der Waals surface area contributed by atoms with Gasteiger partial charge in [0, 0.05) is 24.2 Å². The zero-order valence-electron chi connectivity index (χ0n) is 18.6. The van der Waals surface area contributed by atoms with Crippen molar-refractivity contribution in [1.29, 1.82) is 0 Å². The molecule has 35 heavy (non-hydrogen) atoms. The maximum absolute atomic E-state index is 15.0. The van der Waals surface area contributed by atoms with E-state index in [0.29, 0.717) is 22.3 Å². The van der Waals surface area contributed by atoms with E-state index in [-0.39, 0.29) is 24.0 Å². The summed E-state index contributed by atoms with van der Waals surface area (Å²) in [5.74, 6) is -3.33. The molecule has 0 bridgehead atoms. The third-order valence-electron chi connectivity index (χ3n) is 6.09. The zero-order valence-corrected chi connectivity index (χ0v) is 18.6. The Morgan fingerprint density at radius 1 is 1.14 bits per heavy atom. The normalized spacial score (nSPS) is 15.9. The average molecular weight is 481 g/mol. The fraction of sp³-hybridized carbons (Fsp3) is 0.250. The summed E-state index contributed by atoms with van der Waals surface area (Å²) < 4.78 is 44.5. The standard InChI is InChI=1S/C24H22F3N7O/c25-16-4-1-5-17(26)19(16)24(35)30-10-14-7-6-13(9-18(14)27)21-20-22(28)31-12-32-23(20)34(33-21)15-3-2-8-29-11-15/h1,4-7,9,12,15,29H,2-3,8,10-11H2,(H,30,35)(H2,28,31,32)/t15-/m1/s1. The smallest absolute Gasteiger partial charge is 0.257 e. The van der Waals surface area contributed by atoms with Crippen LogP contribution in [0.15, 0.2) is 42.7 Å². The van der Waals surface area contributed by atoms with Gasteiger partial charge in [-0.2, -0.15) is 5.10 Å². The van der Waals surface area contributed by atoms with Crippen molar-refractivity contribution >= 4 is 22.8 Å². The molecule has 1 atom stereocenters. The summed E-state index contributed by atoms with van der Waals surface area (Å²) in [5.41, 5.74) is 7.06. The molecule has 0 unspecified atom stereocenters. The number of nitrogens with zero attached hydrogens (tertiary/aromatic N) is 4. The van der Waals surface area contributed by atoms with Gasteiger partial charge in [-0.15, -0.1) is 0 Å². The predicted octanol–water partition coefficient (Wildman–Crippen LogP) is 3.35. The molecule has 1 fully saturated rings. The number of hydrogen-bond donors (Lipinski definition) is 3. The van der Waals surface area contributed by atoms with Crippen LogP contribution in [0.3, 0.4) is 0 Å². The Kier molecular flexibility index (Phi) is 6.08.